The van der Waals surface area contributed by atoms with Crippen LogP contribution in [0.4, 0.5) is 4.79 Å². The summed E-state index contributed by atoms with van der Waals surface area (Å²) >= 11 is 0. The molecule has 1 rings (SSSR count). The quantitative estimate of drug-likeness (QED) is 0.759. The predicted octanol–water partition coefficient (Wildman–Crippen LogP) is 0.0496. The lowest BCUT2D eigenvalue weighted by atomic mass is 10.1. The highest BCUT2D eigenvalue weighted by Crippen LogP contribution is 2.12. The van der Waals surface area contributed by atoms with Gasteiger partial charge in [-0.3, -0.25) is 0 Å². The third kappa shape index (κ3) is 4.43. The number of nitrogens with zero attached hydrogens (tertiary/aromatic N) is 1. The van der Waals surface area contributed by atoms with E-state index in [0.717, 1.165) is 12.8 Å². The summed E-state index contributed by atoms with van der Waals surface area (Å²) in [6.07, 6.45) is 0.410. The number of likely N-dealkylation sites (N-methyl/N-ethyl adjacent to an activating group) is 1. The molecule has 0 aromatic heterocycles. The number of nitrogens with one attached hydrogen (secondary N) is 2. The number of amides is 1. The van der Waals surface area contributed by atoms with Gasteiger partial charge in [0.1, 0.15) is 0 Å². The number of ether oxygens (including phenoxy) is 1. The molecule has 1 fully saturated rings. The maximum Gasteiger partial charge on any atom is 0.422 e. The molecular formula is C10H21N3O4S. The van der Waals surface area contributed by atoms with Crippen LogP contribution in [0.1, 0.15) is 26.7 Å². The second kappa shape index (κ2) is 6.35. The van der Waals surface area contributed by atoms with Crippen molar-refractivity contribution in [1.29, 1.82) is 0 Å². The van der Waals surface area contributed by atoms with E-state index in [2.05, 4.69) is 5.32 Å². The lowest BCUT2D eigenvalue weighted by molar-refractivity contribution is 0.120. The van der Waals surface area contributed by atoms with Gasteiger partial charge in [0.25, 0.3) is 0 Å². The van der Waals surface area contributed by atoms with Crippen LogP contribution in [0, 0.1) is 0 Å². The first-order valence-corrected chi connectivity index (χ1v) is 7.45. The van der Waals surface area contributed by atoms with Gasteiger partial charge in [-0.1, -0.05) is 0 Å². The van der Waals surface area contributed by atoms with Crippen molar-refractivity contribution < 1.29 is 17.9 Å². The van der Waals surface area contributed by atoms with Crippen molar-refractivity contribution >= 4 is 16.3 Å². The molecule has 1 unspecified atom stereocenters. The maximum atomic E-state index is 11.9. The number of piperidine rings is 1. The van der Waals surface area contributed by atoms with Crippen molar-refractivity contribution in [3.63, 3.8) is 0 Å². The summed E-state index contributed by atoms with van der Waals surface area (Å²) in [7, 11) is -2.01. The van der Waals surface area contributed by atoms with E-state index in [4.69, 9.17) is 4.74 Å². The lowest BCUT2D eigenvalue weighted by Crippen LogP contribution is -2.51. The first kappa shape index (κ1) is 15.2. The average molecular weight is 279 g/mol. The van der Waals surface area contributed by atoms with Gasteiger partial charge in [-0.05, 0) is 33.7 Å². The largest absolute Gasteiger partial charge is 0.446 e. The van der Waals surface area contributed by atoms with Crippen LogP contribution in [-0.4, -0.2) is 51.1 Å². The van der Waals surface area contributed by atoms with Crippen LogP contribution in [0.5, 0.6) is 0 Å². The van der Waals surface area contributed by atoms with E-state index in [-0.39, 0.29) is 12.1 Å². The Bertz CT molecular complexity index is 383. The van der Waals surface area contributed by atoms with Gasteiger partial charge in [-0.25, -0.2) is 9.52 Å². The minimum atomic E-state index is -3.80. The van der Waals surface area contributed by atoms with Gasteiger partial charge >= 0.3 is 16.3 Å². The van der Waals surface area contributed by atoms with Gasteiger partial charge in [0.2, 0.25) is 0 Å². The summed E-state index contributed by atoms with van der Waals surface area (Å²) in [5.41, 5.74) is 0. The molecule has 0 bridgehead atoms. The summed E-state index contributed by atoms with van der Waals surface area (Å²) in [4.78, 5) is 11.3. The maximum absolute atomic E-state index is 11.9. The van der Waals surface area contributed by atoms with Gasteiger partial charge in [-0.2, -0.15) is 12.7 Å². The second-order valence-electron chi connectivity index (χ2n) is 4.55. The summed E-state index contributed by atoms with van der Waals surface area (Å²) in [5.74, 6) is 0. The first-order valence-electron chi connectivity index (χ1n) is 6.01. The van der Waals surface area contributed by atoms with Crippen LogP contribution < -0.4 is 10.0 Å². The molecule has 1 atom stereocenters. The normalized spacial score (nSPS) is 21.9. The Balaban J connectivity index is 2.60. The average Bonchev–Trinajstić information content (AvgIpc) is 2.27. The highest BCUT2D eigenvalue weighted by molar-refractivity contribution is 7.87. The van der Waals surface area contributed by atoms with E-state index in [0.29, 0.717) is 13.1 Å². The van der Waals surface area contributed by atoms with Crippen molar-refractivity contribution in [2.24, 2.45) is 0 Å². The molecule has 1 heterocycles. The van der Waals surface area contributed by atoms with Crippen molar-refractivity contribution in [2.75, 3.05) is 20.1 Å². The molecule has 0 aromatic carbocycles. The Kier molecular flexibility index (Phi) is 5.36. The topological polar surface area (TPSA) is 87.7 Å². The van der Waals surface area contributed by atoms with Gasteiger partial charge in [-0.15, -0.1) is 0 Å². The molecule has 0 aliphatic carbocycles. The van der Waals surface area contributed by atoms with Crippen molar-refractivity contribution in [2.45, 2.75) is 38.8 Å². The molecule has 7 nitrogen and oxygen atoms in total. The third-order valence-corrected chi connectivity index (χ3v) is 4.12. The number of carbonyl (C=O) groups is 1. The van der Waals surface area contributed by atoms with Gasteiger partial charge in [0.05, 0.1) is 6.10 Å². The monoisotopic (exact) mass is 279 g/mol. The Morgan fingerprint density at radius 2 is 2.11 bits per heavy atom. The molecule has 1 aliphatic heterocycles. The van der Waals surface area contributed by atoms with Gasteiger partial charge in [0, 0.05) is 19.1 Å². The van der Waals surface area contributed by atoms with Crippen LogP contribution >= 0.6 is 0 Å². The molecule has 0 aromatic rings. The molecule has 2 N–H and O–H groups in total. The zero-order valence-corrected chi connectivity index (χ0v) is 11.8. The Labute approximate surface area is 108 Å². The fourth-order valence-corrected chi connectivity index (χ4v) is 2.94. The van der Waals surface area contributed by atoms with E-state index < -0.39 is 16.3 Å². The standard InChI is InChI=1S/C10H21N3O4S/c1-8(2)17-10(14)12-18(15,16)13-6-4-5-9(7-13)11-3/h8-9,11H,4-7H2,1-3H3,(H,12,14). The highest BCUT2D eigenvalue weighted by atomic mass is 32.2. The molecule has 0 spiro atoms. The SMILES string of the molecule is CNC1CCCN(S(=O)(=O)NC(=O)OC(C)C)C1. The molecule has 0 radical (unpaired) electrons. The second-order valence-corrected chi connectivity index (χ2v) is 6.22. The minimum absolute atomic E-state index is 0.122. The predicted molar refractivity (Wildman–Crippen MR) is 67.3 cm³/mol. The number of hydrogen-bond donors (Lipinski definition) is 2. The fraction of sp³-hybridized carbons (Fsp3) is 0.900. The van der Waals surface area contributed by atoms with Gasteiger partial charge in [0.15, 0.2) is 0 Å². The lowest BCUT2D eigenvalue weighted by Gasteiger charge is -2.31. The van der Waals surface area contributed by atoms with Crippen LogP contribution in [0.15, 0.2) is 0 Å². The molecule has 18 heavy (non-hydrogen) atoms. The fourth-order valence-electron chi connectivity index (χ4n) is 1.80. The summed E-state index contributed by atoms with van der Waals surface area (Å²) in [6.45, 7) is 4.09. The Morgan fingerprint density at radius 3 is 2.67 bits per heavy atom. The molecule has 1 amide bonds. The smallest absolute Gasteiger partial charge is 0.422 e. The summed E-state index contributed by atoms with van der Waals surface area (Å²) < 4.78 is 31.8. The third-order valence-electron chi connectivity index (χ3n) is 2.69. The first-order chi connectivity index (χ1) is 8.35. The molecule has 8 heteroatoms. The van der Waals surface area contributed by atoms with E-state index in [9.17, 15) is 13.2 Å². The van der Waals surface area contributed by atoms with Crippen molar-refractivity contribution in [1.82, 2.24) is 14.3 Å². The molecule has 106 valence electrons. The van der Waals surface area contributed by atoms with Crippen LogP contribution in [-0.2, 0) is 14.9 Å². The zero-order valence-electron chi connectivity index (χ0n) is 11.0. The summed E-state index contributed by atoms with van der Waals surface area (Å²) in [5, 5.41) is 3.04. The number of rotatable bonds is 4. The van der Waals surface area contributed by atoms with Crippen LogP contribution in [0.3, 0.4) is 0 Å². The van der Waals surface area contributed by atoms with Crippen LogP contribution in [0.25, 0.3) is 0 Å². The van der Waals surface area contributed by atoms with Crippen molar-refractivity contribution in [3.05, 3.63) is 0 Å². The number of carbonyl (C=O) groups excluding carboxylic acids is 1. The highest BCUT2D eigenvalue weighted by Gasteiger charge is 2.30. The van der Waals surface area contributed by atoms with Gasteiger partial charge < -0.3 is 10.1 Å². The van der Waals surface area contributed by atoms with E-state index in [1.807, 2.05) is 4.72 Å². The minimum Gasteiger partial charge on any atom is -0.446 e. The molecular weight excluding hydrogens is 258 g/mol. The molecule has 0 saturated carbocycles. The zero-order chi connectivity index (χ0) is 13.8. The molecule has 1 saturated heterocycles. The number of hydrogen-bond acceptors (Lipinski definition) is 5. The van der Waals surface area contributed by atoms with E-state index >= 15 is 0 Å². The van der Waals surface area contributed by atoms with Crippen LogP contribution in [0.2, 0.25) is 0 Å². The molecule has 1 aliphatic rings. The summed E-state index contributed by atoms with van der Waals surface area (Å²) in [6, 6.07) is 0.122. The van der Waals surface area contributed by atoms with Crippen molar-refractivity contribution in [3.8, 4) is 0 Å². The van der Waals surface area contributed by atoms with E-state index in [1.165, 1.54) is 4.31 Å². The Morgan fingerprint density at radius 1 is 1.44 bits per heavy atom. The van der Waals surface area contributed by atoms with E-state index in [1.54, 1.807) is 20.9 Å². The Hall–Kier alpha value is -0.860.